The molecule has 0 bridgehead atoms. The van der Waals surface area contributed by atoms with E-state index in [2.05, 4.69) is 22.6 Å². The molecule has 13 heavy (non-hydrogen) atoms. The number of nitrogens with two attached hydrogens (primary N) is 1. The van der Waals surface area contributed by atoms with Gasteiger partial charge in [-0.05, 0) is 24.4 Å². The Hall–Kier alpha value is -1.49. The van der Waals surface area contributed by atoms with Crippen LogP contribution >= 0.6 is 12.2 Å². The minimum absolute atomic E-state index is 0.0304. The highest BCUT2D eigenvalue weighted by molar-refractivity contribution is 7.80. The second-order valence-corrected chi connectivity index (χ2v) is 2.81. The minimum Gasteiger partial charge on any atom is -0.373 e. The lowest BCUT2D eigenvalue weighted by Gasteiger charge is -2.09. The highest BCUT2D eigenvalue weighted by Crippen LogP contribution is 2.10. The molecule has 1 rings (SSSR count). The summed E-state index contributed by atoms with van der Waals surface area (Å²) in [5, 5.41) is 8.97. The summed E-state index contributed by atoms with van der Waals surface area (Å²) in [5.74, 6) is 0. The lowest BCUT2D eigenvalue weighted by Crippen LogP contribution is -2.10. The van der Waals surface area contributed by atoms with Gasteiger partial charge in [-0.3, -0.25) is 0 Å². The number of thiocarbonyl (C=S) groups is 1. The maximum Gasteiger partial charge on any atom is 0.213 e. The summed E-state index contributed by atoms with van der Waals surface area (Å²) >= 11 is 4.55. The molecule has 0 radical (unpaired) electrons. The van der Waals surface area contributed by atoms with Crippen molar-refractivity contribution >= 4 is 23.0 Å². The summed E-state index contributed by atoms with van der Waals surface area (Å²) in [7, 11) is 1.77. The molecule has 0 aliphatic carbocycles. The van der Waals surface area contributed by atoms with Crippen LogP contribution in [-0.4, -0.2) is 12.2 Å². The van der Waals surface area contributed by atoms with Gasteiger partial charge in [0.25, 0.3) is 0 Å². The minimum atomic E-state index is 0.0304. The quantitative estimate of drug-likeness (QED) is 0.443. The molecule has 2 N–H and O–H groups in total. The standard InChI is InChI=1S/C8H10N4S/c1-12(11-10-8(9)13)7-5-3-2-4-6-7/h2-6H,1H3,(H2,9,13)/b11-10+. The Balaban J connectivity index is 2.69. The Morgan fingerprint density at radius 3 is 2.54 bits per heavy atom. The van der Waals surface area contributed by atoms with Gasteiger partial charge in [-0.25, -0.2) is 5.01 Å². The van der Waals surface area contributed by atoms with E-state index >= 15 is 0 Å². The second kappa shape index (κ2) is 4.51. The van der Waals surface area contributed by atoms with E-state index in [-0.39, 0.29) is 5.11 Å². The zero-order valence-electron chi connectivity index (χ0n) is 7.21. The molecule has 0 fully saturated rings. The zero-order valence-corrected chi connectivity index (χ0v) is 8.03. The average molecular weight is 194 g/mol. The van der Waals surface area contributed by atoms with Crippen LogP contribution in [0.15, 0.2) is 40.7 Å². The van der Waals surface area contributed by atoms with Crippen LogP contribution in [0.25, 0.3) is 0 Å². The van der Waals surface area contributed by atoms with E-state index < -0.39 is 0 Å². The molecule has 4 nitrogen and oxygen atoms in total. The molecule has 0 aliphatic heterocycles. The van der Waals surface area contributed by atoms with E-state index in [4.69, 9.17) is 5.73 Å². The van der Waals surface area contributed by atoms with Crippen LogP contribution in [0.3, 0.4) is 0 Å². The van der Waals surface area contributed by atoms with Crippen LogP contribution in [0.1, 0.15) is 0 Å². The SMILES string of the molecule is CN(/N=N/C(N)=S)c1ccccc1. The molecule has 0 amide bonds. The van der Waals surface area contributed by atoms with Gasteiger partial charge in [0.2, 0.25) is 5.11 Å². The molecular weight excluding hydrogens is 184 g/mol. The third kappa shape index (κ3) is 3.16. The van der Waals surface area contributed by atoms with Crippen molar-refractivity contribution in [2.75, 3.05) is 12.1 Å². The Bertz CT molecular complexity index is 309. The highest BCUT2D eigenvalue weighted by atomic mass is 32.1. The molecule has 0 atom stereocenters. The molecule has 0 heterocycles. The molecule has 0 aromatic heterocycles. The molecule has 1 aromatic rings. The summed E-state index contributed by atoms with van der Waals surface area (Å²) in [6, 6.07) is 9.60. The van der Waals surface area contributed by atoms with E-state index in [1.165, 1.54) is 0 Å². The van der Waals surface area contributed by atoms with Crippen molar-refractivity contribution < 1.29 is 0 Å². The molecule has 5 heteroatoms. The Morgan fingerprint density at radius 1 is 1.38 bits per heavy atom. The average Bonchev–Trinajstić information content (AvgIpc) is 2.15. The van der Waals surface area contributed by atoms with Gasteiger partial charge in [0.1, 0.15) is 0 Å². The van der Waals surface area contributed by atoms with Crippen LogP contribution in [0.2, 0.25) is 0 Å². The molecule has 0 saturated heterocycles. The number of benzene rings is 1. The number of hydrogen-bond donors (Lipinski definition) is 1. The summed E-state index contributed by atoms with van der Waals surface area (Å²) in [4.78, 5) is 0. The fourth-order valence-electron chi connectivity index (χ4n) is 0.807. The Kier molecular flexibility index (Phi) is 3.33. The molecule has 1 aromatic carbocycles. The first-order valence-corrected chi connectivity index (χ1v) is 4.11. The first-order chi connectivity index (χ1) is 6.20. The number of rotatable bonds is 2. The van der Waals surface area contributed by atoms with Gasteiger partial charge < -0.3 is 5.73 Å². The van der Waals surface area contributed by atoms with Crippen molar-refractivity contribution in [1.82, 2.24) is 0 Å². The predicted molar refractivity (Wildman–Crippen MR) is 56.5 cm³/mol. The van der Waals surface area contributed by atoms with Crippen molar-refractivity contribution in [3.05, 3.63) is 30.3 Å². The maximum absolute atomic E-state index is 5.16. The zero-order chi connectivity index (χ0) is 9.68. The molecule has 0 saturated carbocycles. The van der Waals surface area contributed by atoms with Gasteiger partial charge in [-0.15, -0.1) is 5.11 Å². The number of nitrogens with zero attached hydrogens (tertiary/aromatic N) is 3. The number of para-hydroxylation sites is 1. The monoisotopic (exact) mass is 194 g/mol. The van der Waals surface area contributed by atoms with Gasteiger partial charge in [-0.2, -0.15) is 0 Å². The molecule has 0 aliphatic rings. The number of hydrogen-bond acceptors (Lipinski definition) is 2. The summed E-state index contributed by atoms with van der Waals surface area (Å²) in [5.41, 5.74) is 6.10. The first kappa shape index (κ1) is 9.60. The largest absolute Gasteiger partial charge is 0.373 e. The Labute approximate surface area is 82.0 Å². The van der Waals surface area contributed by atoms with Gasteiger partial charge in [0.15, 0.2) is 0 Å². The van der Waals surface area contributed by atoms with Crippen LogP contribution < -0.4 is 10.7 Å². The van der Waals surface area contributed by atoms with E-state index in [1.807, 2.05) is 30.3 Å². The normalized spacial score (nSPS) is 10.2. The first-order valence-electron chi connectivity index (χ1n) is 3.70. The van der Waals surface area contributed by atoms with Crippen molar-refractivity contribution in [3.63, 3.8) is 0 Å². The molecular formula is C8H10N4S. The van der Waals surface area contributed by atoms with Gasteiger partial charge in [-0.1, -0.05) is 23.4 Å². The van der Waals surface area contributed by atoms with Crippen molar-refractivity contribution in [1.29, 1.82) is 0 Å². The topological polar surface area (TPSA) is 54.0 Å². The van der Waals surface area contributed by atoms with Crippen molar-refractivity contribution in [2.45, 2.75) is 0 Å². The summed E-state index contributed by atoms with van der Waals surface area (Å²) in [6.07, 6.45) is 0. The van der Waals surface area contributed by atoms with Crippen molar-refractivity contribution in [3.8, 4) is 0 Å². The molecule has 0 spiro atoms. The van der Waals surface area contributed by atoms with Gasteiger partial charge in [0, 0.05) is 7.05 Å². The van der Waals surface area contributed by atoms with Crippen LogP contribution in [0.5, 0.6) is 0 Å². The fraction of sp³-hybridized carbons (Fsp3) is 0.125. The van der Waals surface area contributed by atoms with E-state index in [9.17, 15) is 0 Å². The second-order valence-electron chi connectivity index (χ2n) is 2.39. The smallest absolute Gasteiger partial charge is 0.213 e. The van der Waals surface area contributed by atoms with E-state index in [0.717, 1.165) is 5.69 Å². The highest BCUT2D eigenvalue weighted by Gasteiger charge is 1.95. The van der Waals surface area contributed by atoms with Crippen LogP contribution in [0, 0.1) is 0 Å². The van der Waals surface area contributed by atoms with Crippen LogP contribution in [-0.2, 0) is 0 Å². The Morgan fingerprint density at radius 2 is 2.00 bits per heavy atom. The van der Waals surface area contributed by atoms with Gasteiger partial charge >= 0.3 is 0 Å². The maximum atomic E-state index is 5.16. The molecule has 68 valence electrons. The summed E-state index contributed by atoms with van der Waals surface area (Å²) in [6.45, 7) is 0. The number of anilines is 1. The predicted octanol–water partition coefficient (Wildman–Crippen LogP) is 1.73. The van der Waals surface area contributed by atoms with Crippen LogP contribution in [0.4, 0.5) is 5.69 Å². The molecule has 0 unspecified atom stereocenters. The third-order valence-corrected chi connectivity index (χ3v) is 1.49. The lowest BCUT2D eigenvalue weighted by molar-refractivity contribution is 0.935. The summed E-state index contributed by atoms with van der Waals surface area (Å²) < 4.78 is 0. The third-order valence-electron chi connectivity index (χ3n) is 1.41. The lowest BCUT2D eigenvalue weighted by atomic mass is 10.3. The van der Waals surface area contributed by atoms with Gasteiger partial charge in [0.05, 0.1) is 5.69 Å². The van der Waals surface area contributed by atoms with Crippen molar-refractivity contribution in [2.24, 2.45) is 16.1 Å². The fourth-order valence-corrected chi connectivity index (χ4v) is 0.843. The van der Waals surface area contributed by atoms with E-state index in [0.29, 0.717) is 0 Å². The van der Waals surface area contributed by atoms with E-state index in [1.54, 1.807) is 12.1 Å².